The normalized spacial score (nSPS) is 27.3. The minimum Gasteiger partial charge on any atom is -0.323 e. The second kappa shape index (κ2) is 5.15. The number of hydrogen-bond acceptors (Lipinski definition) is 2. The standard InChI is InChI=1S/C14H21FN2/c1-10-6-11(2)17(8-10)9-14(16)12-4-3-5-13(15)7-12/h3-5,7,10-11,14H,6,8-9,16H2,1-2H3. The van der Waals surface area contributed by atoms with Crippen LogP contribution in [0, 0.1) is 11.7 Å². The number of rotatable bonds is 3. The van der Waals surface area contributed by atoms with Crippen molar-refractivity contribution < 1.29 is 4.39 Å². The van der Waals surface area contributed by atoms with E-state index in [2.05, 4.69) is 18.7 Å². The maximum Gasteiger partial charge on any atom is 0.123 e. The molecule has 1 aromatic rings. The zero-order valence-electron chi connectivity index (χ0n) is 10.6. The van der Waals surface area contributed by atoms with E-state index in [-0.39, 0.29) is 11.9 Å². The van der Waals surface area contributed by atoms with E-state index in [1.165, 1.54) is 18.6 Å². The predicted molar refractivity (Wildman–Crippen MR) is 68.1 cm³/mol. The van der Waals surface area contributed by atoms with Gasteiger partial charge in [0.05, 0.1) is 0 Å². The number of hydrogen-bond donors (Lipinski definition) is 1. The first kappa shape index (κ1) is 12.5. The molecule has 1 aromatic carbocycles. The van der Waals surface area contributed by atoms with Crippen LogP contribution in [0.2, 0.25) is 0 Å². The van der Waals surface area contributed by atoms with Crippen molar-refractivity contribution in [2.24, 2.45) is 11.7 Å². The molecule has 0 saturated carbocycles. The van der Waals surface area contributed by atoms with Gasteiger partial charge in [-0.25, -0.2) is 4.39 Å². The summed E-state index contributed by atoms with van der Waals surface area (Å²) in [7, 11) is 0. The van der Waals surface area contributed by atoms with Gasteiger partial charge >= 0.3 is 0 Å². The van der Waals surface area contributed by atoms with Gasteiger partial charge in [-0.1, -0.05) is 19.1 Å². The average Bonchev–Trinajstić information content (AvgIpc) is 2.57. The minimum atomic E-state index is -0.208. The fraction of sp³-hybridized carbons (Fsp3) is 0.571. The number of halogens is 1. The topological polar surface area (TPSA) is 29.3 Å². The van der Waals surface area contributed by atoms with E-state index in [9.17, 15) is 4.39 Å². The third kappa shape index (κ3) is 3.05. The van der Waals surface area contributed by atoms with Gasteiger partial charge in [0.2, 0.25) is 0 Å². The van der Waals surface area contributed by atoms with Crippen LogP contribution in [0.4, 0.5) is 4.39 Å². The molecule has 0 aliphatic carbocycles. The van der Waals surface area contributed by atoms with Crippen LogP contribution in [-0.2, 0) is 0 Å². The van der Waals surface area contributed by atoms with Crippen molar-refractivity contribution in [1.29, 1.82) is 0 Å². The van der Waals surface area contributed by atoms with E-state index in [4.69, 9.17) is 5.73 Å². The van der Waals surface area contributed by atoms with Gasteiger partial charge in [0.1, 0.15) is 5.82 Å². The molecule has 0 radical (unpaired) electrons. The van der Waals surface area contributed by atoms with Gasteiger partial charge in [-0.15, -0.1) is 0 Å². The van der Waals surface area contributed by atoms with Gasteiger partial charge in [-0.3, -0.25) is 4.90 Å². The summed E-state index contributed by atoms with van der Waals surface area (Å²) in [5, 5.41) is 0. The lowest BCUT2D eigenvalue weighted by atomic mass is 10.1. The number of nitrogens with zero attached hydrogens (tertiary/aromatic N) is 1. The fourth-order valence-electron chi connectivity index (χ4n) is 2.74. The summed E-state index contributed by atoms with van der Waals surface area (Å²) >= 11 is 0. The molecule has 0 aromatic heterocycles. The highest BCUT2D eigenvalue weighted by Crippen LogP contribution is 2.24. The molecule has 3 unspecified atom stereocenters. The maximum atomic E-state index is 13.1. The van der Waals surface area contributed by atoms with Crippen LogP contribution in [0.3, 0.4) is 0 Å². The highest BCUT2D eigenvalue weighted by Gasteiger charge is 2.27. The number of benzene rings is 1. The molecule has 1 fully saturated rings. The van der Waals surface area contributed by atoms with Crippen molar-refractivity contribution in [2.45, 2.75) is 32.4 Å². The van der Waals surface area contributed by atoms with Crippen molar-refractivity contribution in [3.8, 4) is 0 Å². The number of likely N-dealkylation sites (tertiary alicyclic amines) is 1. The molecule has 2 nitrogen and oxygen atoms in total. The first-order valence-corrected chi connectivity index (χ1v) is 6.31. The summed E-state index contributed by atoms with van der Waals surface area (Å²) in [4.78, 5) is 2.40. The molecule has 1 aliphatic rings. The Labute approximate surface area is 103 Å². The van der Waals surface area contributed by atoms with Crippen LogP contribution in [-0.4, -0.2) is 24.0 Å². The van der Waals surface area contributed by atoms with E-state index >= 15 is 0 Å². The zero-order valence-corrected chi connectivity index (χ0v) is 10.6. The molecule has 94 valence electrons. The Bertz CT molecular complexity index is 380. The van der Waals surface area contributed by atoms with Crippen LogP contribution in [0.15, 0.2) is 24.3 Å². The maximum absolute atomic E-state index is 13.1. The second-order valence-corrected chi connectivity index (χ2v) is 5.31. The molecule has 1 heterocycles. The van der Waals surface area contributed by atoms with Crippen LogP contribution in [0.25, 0.3) is 0 Å². The lowest BCUT2D eigenvalue weighted by Crippen LogP contribution is -2.34. The summed E-state index contributed by atoms with van der Waals surface area (Å²) in [6.45, 7) is 6.42. The van der Waals surface area contributed by atoms with Gasteiger partial charge in [0.15, 0.2) is 0 Å². The van der Waals surface area contributed by atoms with Crippen molar-refractivity contribution in [3.63, 3.8) is 0 Å². The third-order valence-corrected chi connectivity index (χ3v) is 3.62. The summed E-state index contributed by atoms with van der Waals surface area (Å²) in [5.41, 5.74) is 7.03. The summed E-state index contributed by atoms with van der Waals surface area (Å²) in [6.07, 6.45) is 1.23. The molecule has 3 heteroatoms. The van der Waals surface area contributed by atoms with E-state index in [0.29, 0.717) is 6.04 Å². The second-order valence-electron chi connectivity index (χ2n) is 5.31. The third-order valence-electron chi connectivity index (χ3n) is 3.62. The highest BCUT2D eigenvalue weighted by atomic mass is 19.1. The zero-order chi connectivity index (χ0) is 12.4. The Morgan fingerprint density at radius 2 is 2.24 bits per heavy atom. The fourth-order valence-corrected chi connectivity index (χ4v) is 2.74. The Balaban J connectivity index is 1.99. The lowest BCUT2D eigenvalue weighted by Gasteiger charge is -2.25. The van der Waals surface area contributed by atoms with Gasteiger partial charge in [-0.2, -0.15) is 0 Å². The molecule has 2 N–H and O–H groups in total. The smallest absolute Gasteiger partial charge is 0.123 e. The van der Waals surface area contributed by atoms with E-state index < -0.39 is 0 Å². The molecular formula is C14H21FN2. The van der Waals surface area contributed by atoms with E-state index in [1.54, 1.807) is 6.07 Å². The Morgan fingerprint density at radius 1 is 1.47 bits per heavy atom. The lowest BCUT2D eigenvalue weighted by molar-refractivity contribution is 0.249. The first-order valence-electron chi connectivity index (χ1n) is 6.31. The van der Waals surface area contributed by atoms with Crippen LogP contribution in [0.5, 0.6) is 0 Å². The monoisotopic (exact) mass is 236 g/mol. The summed E-state index contributed by atoms with van der Waals surface area (Å²) < 4.78 is 13.1. The Hall–Kier alpha value is -0.930. The average molecular weight is 236 g/mol. The summed E-state index contributed by atoms with van der Waals surface area (Å²) in [5.74, 6) is 0.533. The molecule has 2 rings (SSSR count). The van der Waals surface area contributed by atoms with Crippen LogP contribution >= 0.6 is 0 Å². The van der Waals surface area contributed by atoms with Gasteiger partial charge in [0, 0.05) is 25.2 Å². The van der Waals surface area contributed by atoms with Crippen molar-refractivity contribution in [1.82, 2.24) is 4.90 Å². The van der Waals surface area contributed by atoms with Crippen molar-refractivity contribution >= 4 is 0 Å². The first-order chi connectivity index (χ1) is 8.06. The van der Waals surface area contributed by atoms with Gasteiger partial charge in [-0.05, 0) is 37.0 Å². The number of nitrogens with two attached hydrogens (primary N) is 1. The summed E-state index contributed by atoms with van der Waals surface area (Å²) in [6, 6.07) is 7.10. The van der Waals surface area contributed by atoms with Gasteiger partial charge in [0.25, 0.3) is 0 Å². The molecule has 1 aliphatic heterocycles. The molecule has 3 atom stereocenters. The van der Waals surface area contributed by atoms with Crippen molar-refractivity contribution in [2.75, 3.05) is 13.1 Å². The molecule has 0 amide bonds. The molecule has 17 heavy (non-hydrogen) atoms. The molecule has 0 spiro atoms. The molecule has 1 saturated heterocycles. The van der Waals surface area contributed by atoms with Gasteiger partial charge < -0.3 is 5.73 Å². The van der Waals surface area contributed by atoms with E-state index in [1.807, 2.05) is 6.07 Å². The quantitative estimate of drug-likeness (QED) is 0.874. The SMILES string of the molecule is CC1CC(C)N(CC(N)c2cccc(F)c2)C1. The Morgan fingerprint density at radius 3 is 2.82 bits per heavy atom. The highest BCUT2D eigenvalue weighted by molar-refractivity contribution is 5.20. The predicted octanol–water partition coefficient (Wildman–Crippen LogP) is 2.56. The van der Waals surface area contributed by atoms with Crippen molar-refractivity contribution in [3.05, 3.63) is 35.6 Å². The molecular weight excluding hydrogens is 215 g/mol. The van der Waals surface area contributed by atoms with Crippen LogP contribution in [0.1, 0.15) is 31.9 Å². The Kier molecular flexibility index (Phi) is 3.79. The molecule has 0 bridgehead atoms. The minimum absolute atomic E-state index is 0.0987. The van der Waals surface area contributed by atoms with Crippen LogP contribution < -0.4 is 5.73 Å². The largest absolute Gasteiger partial charge is 0.323 e. The van der Waals surface area contributed by atoms with E-state index in [0.717, 1.165) is 24.6 Å².